The Morgan fingerprint density at radius 2 is 1.89 bits per heavy atom. The normalized spacial score (nSPS) is 17.5. The number of hydrogen-bond acceptors (Lipinski definition) is 4. The summed E-state index contributed by atoms with van der Waals surface area (Å²) in [5.74, 6) is 0.605. The summed E-state index contributed by atoms with van der Waals surface area (Å²) < 4.78 is 7.93. The predicted molar refractivity (Wildman–Crippen MR) is 112 cm³/mol. The van der Waals surface area contributed by atoms with Gasteiger partial charge in [0.2, 0.25) is 5.88 Å². The summed E-state index contributed by atoms with van der Waals surface area (Å²) in [6.07, 6.45) is 1.56. The van der Waals surface area contributed by atoms with Gasteiger partial charge >= 0.3 is 0 Å². The van der Waals surface area contributed by atoms with E-state index in [2.05, 4.69) is 10.00 Å². The van der Waals surface area contributed by atoms with Crippen LogP contribution < -0.4 is 4.74 Å². The number of aromatic nitrogens is 2. The lowest BCUT2D eigenvalue weighted by molar-refractivity contribution is 0.172. The average molecular weight is 420 g/mol. The number of ether oxygens (including phenoxy) is 1. The van der Waals surface area contributed by atoms with Crippen LogP contribution in [0.4, 0.5) is 0 Å². The molecular formula is C21H23Cl2N3O2. The summed E-state index contributed by atoms with van der Waals surface area (Å²) in [4.78, 5) is 2.27. The summed E-state index contributed by atoms with van der Waals surface area (Å²) in [6, 6.07) is 13.5. The fourth-order valence-corrected chi connectivity index (χ4v) is 3.88. The third-order valence-corrected chi connectivity index (χ3v) is 5.52. The summed E-state index contributed by atoms with van der Waals surface area (Å²) in [7, 11) is 0. The molecule has 0 spiro atoms. The van der Waals surface area contributed by atoms with E-state index in [1.165, 1.54) is 0 Å². The minimum Gasteiger partial charge on any atom is -0.476 e. The molecule has 28 heavy (non-hydrogen) atoms. The molecule has 0 radical (unpaired) electrons. The molecular weight excluding hydrogens is 397 g/mol. The van der Waals surface area contributed by atoms with Crippen molar-refractivity contribution in [2.45, 2.75) is 25.5 Å². The van der Waals surface area contributed by atoms with Gasteiger partial charge in [-0.3, -0.25) is 4.68 Å². The van der Waals surface area contributed by atoms with Gasteiger partial charge in [0, 0.05) is 29.7 Å². The van der Waals surface area contributed by atoms with Crippen molar-refractivity contribution in [2.24, 2.45) is 0 Å². The molecule has 0 aliphatic carbocycles. The molecule has 7 heteroatoms. The Kier molecular flexibility index (Phi) is 6.07. The Hall–Kier alpha value is -1.79. The van der Waals surface area contributed by atoms with Crippen molar-refractivity contribution >= 4 is 34.1 Å². The Morgan fingerprint density at radius 3 is 2.64 bits per heavy atom. The first-order valence-electron chi connectivity index (χ1n) is 9.52. The number of aliphatic hydroxyl groups excluding tert-OH is 1. The molecule has 2 heterocycles. The highest BCUT2D eigenvalue weighted by molar-refractivity contribution is 6.31. The topological polar surface area (TPSA) is 50.5 Å². The van der Waals surface area contributed by atoms with E-state index in [-0.39, 0.29) is 6.10 Å². The summed E-state index contributed by atoms with van der Waals surface area (Å²) in [5.41, 5.74) is 2.10. The second kappa shape index (κ2) is 8.70. The van der Waals surface area contributed by atoms with Crippen LogP contribution in [0.25, 0.3) is 10.9 Å². The van der Waals surface area contributed by atoms with Gasteiger partial charge in [-0.15, -0.1) is 5.10 Å². The third-order valence-electron chi connectivity index (χ3n) is 5.03. The number of nitrogens with zero attached hydrogens (tertiary/aromatic N) is 3. The Balaban J connectivity index is 1.46. The van der Waals surface area contributed by atoms with E-state index < -0.39 is 0 Å². The van der Waals surface area contributed by atoms with Crippen molar-refractivity contribution in [3.8, 4) is 5.88 Å². The molecule has 5 nitrogen and oxygen atoms in total. The van der Waals surface area contributed by atoms with Crippen LogP contribution >= 0.6 is 23.2 Å². The van der Waals surface area contributed by atoms with Crippen molar-refractivity contribution in [1.29, 1.82) is 0 Å². The molecule has 2 aromatic carbocycles. The van der Waals surface area contributed by atoms with Crippen LogP contribution in [0.2, 0.25) is 10.0 Å². The third kappa shape index (κ3) is 4.61. The van der Waals surface area contributed by atoms with Gasteiger partial charge in [0.1, 0.15) is 0 Å². The molecule has 1 unspecified atom stereocenters. The van der Waals surface area contributed by atoms with E-state index in [1.54, 1.807) is 0 Å². The molecule has 1 N–H and O–H groups in total. The highest BCUT2D eigenvalue weighted by atomic mass is 35.5. The lowest BCUT2D eigenvalue weighted by atomic mass is 10.2. The fraction of sp³-hybridized carbons (Fsp3) is 0.381. The zero-order chi connectivity index (χ0) is 19.5. The lowest BCUT2D eigenvalue weighted by Gasteiger charge is -2.14. The Labute approximate surface area is 174 Å². The van der Waals surface area contributed by atoms with Crippen molar-refractivity contribution in [3.05, 3.63) is 58.1 Å². The number of hydrogen-bond donors (Lipinski definition) is 1. The minimum atomic E-state index is -0.185. The SMILES string of the molecule is OC1CCN(CCCOc2nn(Cc3ccc(Cl)cc3)c3ccc(Cl)cc23)C1. The number of β-amino-alcohol motifs (C(OH)–C–C–N with tert-alkyl or cyclic N) is 1. The van der Waals surface area contributed by atoms with Gasteiger partial charge < -0.3 is 14.7 Å². The van der Waals surface area contributed by atoms with E-state index in [4.69, 9.17) is 27.9 Å². The van der Waals surface area contributed by atoms with Crippen LogP contribution in [0, 0.1) is 0 Å². The lowest BCUT2D eigenvalue weighted by Crippen LogP contribution is -2.24. The van der Waals surface area contributed by atoms with E-state index >= 15 is 0 Å². The van der Waals surface area contributed by atoms with Crippen molar-refractivity contribution in [3.63, 3.8) is 0 Å². The number of aliphatic hydroxyl groups is 1. The molecule has 1 aliphatic rings. The molecule has 0 saturated carbocycles. The first-order valence-corrected chi connectivity index (χ1v) is 10.3. The van der Waals surface area contributed by atoms with Crippen molar-refractivity contribution < 1.29 is 9.84 Å². The van der Waals surface area contributed by atoms with Gasteiger partial charge in [-0.1, -0.05) is 35.3 Å². The molecule has 148 valence electrons. The number of halogens is 2. The maximum absolute atomic E-state index is 9.61. The largest absolute Gasteiger partial charge is 0.476 e. The van der Waals surface area contributed by atoms with Gasteiger partial charge in [0.25, 0.3) is 0 Å². The first-order chi connectivity index (χ1) is 13.6. The maximum atomic E-state index is 9.61. The van der Waals surface area contributed by atoms with E-state index in [0.29, 0.717) is 24.1 Å². The number of fused-ring (bicyclic) bond motifs is 1. The molecule has 1 aliphatic heterocycles. The fourth-order valence-electron chi connectivity index (χ4n) is 3.58. The quantitative estimate of drug-likeness (QED) is 0.582. The molecule has 1 fully saturated rings. The highest BCUT2D eigenvalue weighted by Crippen LogP contribution is 2.29. The molecule has 1 saturated heterocycles. The van der Waals surface area contributed by atoms with Crippen LogP contribution in [0.3, 0.4) is 0 Å². The van der Waals surface area contributed by atoms with Gasteiger partial charge in [0.15, 0.2) is 0 Å². The number of benzene rings is 2. The van der Waals surface area contributed by atoms with Crippen LogP contribution in [0.1, 0.15) is 18.4 Å². The predicted octanol–water partition coefficient (Wildman–Crippen LogP) is 4.23. The number of rotatable bonds is 7. The number of likely N-dealkylation sites (tertiary alicyclic amines) is 1. The van der Waals surface area contributed by atoms with E-state index in [0.717, 1.165) is 54.0 Å². The van der Waals surface area contributed by atoms with Crippen LogP contribution in [-0.4, -0.2) is 52.1 Å². The summed E-state index contributed by atoms with van der Waals surface area (Å²) >= 11 is 12.2. The van der Waals surface area contributed by atoms with Crippen LogP contribution in [0.15, 0.2) is 42.5 Å². The van der Waals surface area contributed by atoms with Gasteiger partial charge in [0.05, 0.1) is 30.2 Å². The second-order valence-electron chi connectivity index (χ2n) is 7.20. The van der Waals surface area contributed by atoms with Crippen LogP contribution in [0.5, 0.6) is 5.88 Å². The highest BCUT2D eigenvalue weighted by Gasteiger charge is 2.19. The van der Waals surface area contributed by atoms with Crippen molar-refractivity contribution in [2.75, 3.05) is 26.2 Å². The van der Waals surface area contributed by atoms with Gasteiger partial charge in [-0.05, 0) is 48.7 Å². The molecule has 3 aromatic rings. The molecule has 0 bridgehead atoms. The van der Waals surface area contributed by atoms with Gasteiger partial charge in [-0.2, -0.15) is 0 Å². The molecule has 1 aromatic heterocycles. The molecule has 1 atom stereocenters. The van der Waals surface area contributed by atoms with Crippen molar-refractivity contribution in [1.82, 2.24) is 14.7 Å². The molecule has 0 amide bonds. The smallest absolute Gasteiger partial charge is 0.240 e. The van der Waals surface area contributed by atoms with E-state index in [9.17, 15) is 5.11 Å². The summed E-state index contributed by atoms with van der Waals surface area (Å²) in [6.45, 7) is 3.83. The standard InChI is InChI=1S/C21H23Cl2N3O2/c22-16-4-2-15(3-5-16)13-26-20-7-6-17(23)12-19(20)21(24-26)28-11-1-9-25-10-8-18(27)14-25/h2-7,12,18,27H,1,8-11,13-14H2. The Bertz CT molecular complexity index is 943. The zero-order valence-electron chi connectivity index (χ0n) is 15.5. The first kappa shape index (κ1) is 19.5. The second-order valence-corrected chi connectivity index (χ2v) is 8.07. The molecule has 4 rings (SSSR count). The average Bonchev–Trinajstić information content (AvgIpc) is 3.24. The monoisotopic (exact) mass is 419 g/mol. The summed E-state index contributed by atoms with van der Waals surface area (Å²) in [5, 5.41) is 16.6. The zero-order valence-corrected chi connectivity index (χ0v) is 17.0. The van der Waals surface area contributed by atoms with E-state index in [1.807, 2.05) is 47.1 Å². The van der Waals surface area contributed by atoms with Crippen LogP contribution in [-0.2, 0) is 6.54 Å². The van der Waals surface area contributed by atoms with Gasteiger partial charge in [-0.25, -0.2) is 0 Å². The Morgan fingerprint density at radius 1 is 1.11 bits per heavy atom. The minimum absolute atomic E-state index is 0.185. The maximum Gasteiger partial charge on any atom is 0.240 e.